The number of nitrogen functional groups attached to an aromatic ring is 2. The summed E-state index contributed by atoms with van der Waals surface area (Å²) in [6, 6.07) is 54.8. The zero-order chi connectivity index (χ0) is 66.1. The lowest BCUT2D eigenvalue weighted by Gasteiger charge is -2.17. The molecule has 15 rings (SSSR count). The predicted octanol–water partition coefficient (Wildman–Crippen LogP) is 7.86. The number of hydrogen-bond acceptors (Lipinski definition) is 17. The zero-order valence-corrected chi connectivity index (χ0v) is 62.0. The molecule has 0 bridgehead atoms. The highest BCUT2D eigenvalue weighted by molar-refractivity contribution is 7.99. The Morgan fingerprint density at radius 2 is 0.958 bits per heavy atom. The first kappa shape index (κ1) is 73.2. The molecule has 0 spiro atoms. The third kappa shape index (κ3) is 16.8. The Kier molecular flexibility index (Phi) is 23.7. The number of benzene rings is 10. The lowest BCUT2D eigenvalue weighted by molar-refractivity contribution is -0.00100. The first-order valence-electron chi connectivity index (χ1n) is 29.9. The quantitative estimate of drug-likeness (QED) is 0.0774. The normalized spacial score (nSPS) is 11.0. The van der Waals surface area contributed by atoms with E-state index < -0.39 is 0 Å². The number of rotatable bonds is 3. The van der Waals surface area contributed by atoms with E-state index in [1.165, 1.54) is 63.1 Å². The van der Waals surface area contributed by atoms with Gasteiger partial charge < -0.3 is 61.8 Å². The van der Waals surface area contributed by atoms with Crippen molar-refractivity contribution in [3.8, 4) is 42.3 Å². The van der Waals surface area contributed by atoms with Crippen molar-refractivity contribution in [2.24, 2.45) is 4.99 Å². The van der Waals surface area contributed by atoms with Crippen LogP contribution in [-0.4, -0.2) is 90.4 Å². The van der Waals surface area contributed by atoms with E-state index in [0.29, 0.717) is 10.7 Å². The molecule has 0 unspecified atom stereocenters. The highest BCUT2D eigenvalue weighted by atomic mass is 35.5. The van der Waals surface area contributed by atoms with E-state index in [1.807, 2.05) is 121 Å². The second-order valence-corrected chi connectivity index (χ2v) is 29.2. The van der Waals surface area contributed by atoms with Crippen molar-refractivity contribution in [1.82, 2.24) is 29.1 Å². The smallest absolute Gasteiger partial charge is 0.201 e. The summed E-state index contributed by atoms with van der Waals surface area (Å²) in [5.74, 6) is 0. The van der Waals surface area contributed by atoms with Crippen LogP contribution in [0.25, 0.3) is 89.7 Å². The van der Waals surface area contributed by atoms with Crippen LogP contribution in [0.4, 0.5) is 34.1 Å². The Labute approximate surface area is 598 Å². The van der Waals surface area contributed by atoms with E-state index in [9.17, 15) is 0 Å². The average Bonchev–Trinajstić information content (AvgIpc) is 0.801. The van der Waals surface area contributed by atoms with Crippen LogP contribution in [-0.2, 0) is 0 Å². The van der Waals surface area contributed by atoms with E-state index in [1.54, 1.807) is 57.9 Å². The molecule has 5 heterocycles. The van der Waals surface area contributed by atoms with E-state index in [-0.39, 0.29) is 37.2 Å². The molecule has 0 radical (unpaired) electrons. The molecule has 22 heteroatoms. The standard InChI is InChI=1S/C18H22N3S.C15H15N3S.C15H14N2S.C14H13N3S.C12H9N3S.3ClH/c1-11-7-13(20(3)4)9-15-17(11)19-18-12(2)8-14(21(5)6)10-16(18)22-15;1-9-6-13-15(8-11(9)16)19-14-7-10(18(2)3)4-5-12(14)17-13;1-10-4-6-12-14(8-10)18-15-9-11(17(2)3)5-7-13(15)16-12;1-17(2)10-4-6-12-14(8-10)18-13-7-9(15)3-5-11(13)16-12;13-7-1-3-9-11(5-7)16-12-6-8(14)2-4-10(12)15-9;;;/h7-10H,1-6H3;4-8,16H,1-3H3;4-9H,1H2,2-3H3;3-8,15H,1-2H3;1-6,13H,14H2;3*1H/q+1;;;;;;;/p-1. The third-order valence-corrected chi connectivity index (χ3v) is 20.9. The molecule has 14 nitrogen and oxygen atoms in total. The van der Waals surface area contributed by atoms with E-state index in [4.69, 9.17) is 32.3 Å². The second-order valence-electron chi connectivity index (χ2n) is 23.8. The minimum Gasteiger partial charge on any atom is -1.00 e. The van der Waals surface area contributed by atoms with Crippen molar-refractivity contribution in [1.29, 1.82) is 10.8 Å². The molecule has 96 heavy (non-hydrogen) atoms. The number of nitrogens with zero attached hydrogens (tertiary/aromatic N) is 10. The van der Waals surface area contributed by atoms with Crippen molar-refractivity contribution in [2.75, 3.05) is 96.6 Å². The molecule has 5 aliphatic heterocycles. The molecule has 6 aromatic rings. The molecule has 6 aromatic carbocycles. The van der Waals surface area contributed by atoms with Crippen molar-refractivity contribution >= 4 is 151 Å². The molecule has 4 aliphatic carbocycles. The van der Waals surface area contributed by atoms with Crippen LogP contribution < -0.4 is 92.1 Å². The van der Waals surface area contributed by atoms with Gasteiger partial charge in [0, 0.05) is 105 Å². The Hall–Kier alpha value is -8.63. The summed E-state index contributed by atoms with van der Waals surface area (Å²) >= 11 is 8.64. The van der Waals surface area contributed by atoms with Gasteiger partial charge in [0.25, 0.3) is 0 Å². The van der Waals surface area contributed by atoms with Crippen molar-refractivity contribution in [3.63, 3.8) is 0 Å². The SMILES string of the molecule is C=c1ccc2c(c1)Sc1cc(N(C)C)ccc1N=2.CN(C)c1ccc2nc3ccc(=N)cc-3sc2c1.Cc1cc(=[N+](C)C)cc2sc3cc(N(C)C)cc(C)c3nc1-2.Cc1cc2nc3ccc(=[N+](C)C)cc-3sc2cc1N.Cl.N=c1ccc2nc3ccc(N)cc3sc-2c1.[Cl-].[Cl-]. The highest BCUT2D eigenvalue weighted by Gasteiger charge is 2.17. The van der Waals surface area contributed by atoms with Crippen LogP contribution in [0.3, 0.4) is 0 Å². The lowest BCUT2D eigenvalue weighted by Crippen LogP contribution is -3.00. The van der Waals surface area contributed by atoms with Gasteiger partial charge in [-0.05, 0) is 176 Å². The number of anilines is 5. The van der Waals surface area contributed by atoms with Gasteiger partial charge in [-0.3, -0.25) is 0 Å². The molecule has 0 saturated heterocycles. The van der Waals surface area contributed by atoms with Gasteiger partial charge in [-0.1, -0.05) is 24.4 Å². The number of fused-ring (bicyclic) bond motifs is 10. The maximum Gasteiger partial charge on any atom is 0.201 e. The largest absolute Gasteiger partial charge is 1.00 e. The first-order valence-corrected chi connectivity index (χ1v) is 34.0. The minimum atomic E-state index is 0. The average molecular weight is 1430 g/mol. The molecule has 6 N–H and O–H groups in total. The van der Waals surface area contributed by atoms with Crippen LogP contribution in [0.1, 0.15) is 16.7 Å². The first-order chi connectivity index (χ1) is 44.4. The molecule has 0 atom stereocenters. The van der Waals surface area contributed by atoms with Gasteiger partial charge in [0.05, 0.1) is 105 Å². The fraction of sp³-hybridized carbons (Fsp3) is 0.176. The second kappa shape index (κ2) is 31.1. The summed E-state index contributed by atoms with van der Waals surface area (Å²) in [6.07, 6.45) is 0. The van der Waals surface area contributed by atoms with Gasteiger partial charge in [-0.2, -0.15) is 0 Å². The molecule has 0 aromatic heterocycles. The maximum absolute atomic E-state index is 7.67. The summed E-state index contributed by atoms with van der Waals surface area (Å²) in [4.78, 5) is 36.7. The van der Waals surface area contributed by atoms with Crippen LogP contribution in [0.5, 0.6) is 0 Å². The Morgan fingerprint density at radius 1 is 0.438 bits per heavy atom. The molecule has 492 valence electrons. The Bertz CT molecular complexity index is 5460. The Balaban J connectivity index is 0.000000153. The summed E-state index contributed by atoms with van der Waals surface area (Å²) in [5, 5.41) is 20.8. The van der Waals surface area contributed by atoms with Crippen molar-refractivity contribution in [2.45, 2.75) is 30.6 Å². The van der Waals surface area contributed by atoms with Crippen LogP contribution >= 0.6 is 69.5 Å². The predicted molar refractivity (Wildman–Crippen MR) is 407 cm³/mol. The fourth-order valence-electron chi connectivity index (χ4n) is 10.2. The summed E-state index contributed by atoms with van der Waals surface area (Å²) in [6.45, 7) is 10.3. The number of aryl methyl sites for hydroxylation is 3. The van der Waals surface area contributed by atoms with Crippen molar-refractivity contribution in [3.05, 3.63) is 212 Å². The van der Waals surface area contributed by atoms with E-state index >= 15 is 0 Å². The molecular weight excluding hydrogens is 1350 g/mol. The van der Waals surface area contributed by atoms with Crippen molar-refractivity contribution < 1.29 is 24.8 Å². The van der Waals surface area contributed by atoms with Gasteiger partial charge in [-0.15, -0.1) is 57.8 Å². The van der Waals surface area contributed by atoms with E-state index in [2.05, 4.69) is 178 Å². The summed E-state index contributed by atoms with van der Waals surface area (Å²) in [5.41, 5.74) is 29.6. The monoisotopic (exact) mass is 1420 g/mol. The topological polar surface area (TPSA) is 179 Å². The van der Waals surface area contributed by atoms with Gasteiger partial charge in [0.2, 0.25) is 10.7 Å². The van der Waals surface area contributed by atoms with Crippen LogP contribution in [0, 0.1) is 31.6 Å². The third-order valence-electron chi connectivity index (χ3n) is 15.5. The molecule has 9 aliphatic rings. The van der Waals surface area contributed by atoms with Gasteiger partial charge >= 0.3 is 0 Å². The van der Waals surface area contributed by atoms with Gasteiger partial charge in [-0.25, -0.2) is 34.1 Å². The number of nitrogens with one attached hydrogen (secondary N) is 2. The number of halogens is 3. The highest BCUT2D eigenvalue weighted by Crippen LogP contribution is 2.40. The Morgan fingerprint density at radius 3 is 1.57 bits per heavy atom. The van der Waals surface area contributed by atoms with Crippen LogP contribution in [0.2, 0.25) is 0 Å². The summed E-state index contributed by atoms with van der Waals surface area (Å²) < 4.78 is 8.82. The number of nitrogens with two attached hydrogens (primary N) is 2. The molecular formula is C74H75Cl3N14S5. The molecule has 0 fully saturated rings. The zero-order valence-electron chi connectivity index (χ0n) is 55.6. The number of hydrogen-bond donors (Lipinski definition) is 4. The number of aromatic nitrogens is 4. The van der Waals surface area contributed by atoms with Gasteiger partial charge in [0.1, 0.15) is 28.2 Å². The fourth-order valence-corrected chi connectivity index (χ4v) is 15.6. The minimum absolute atomic E-state index is 0. The maximum atomic E-state index is 7.67. The molecule has 0 saturated carbocycles. The lowest BCUT2D eigenvalue weighted by atomic mass is 10.1. The van der Waals surface area contributed by atoms with Gasteiger partial charge in [0.15, 0.2) is 0 Å². The summed E-state index contributed by atoms with van der Waals surface area (Å²) in [7, 11) is 20.6. The van der Waals surface area contributed by atoms with E-state index in [0.717, 1.165) is 102 Å². The molecule has 0 amide bonds. The van der Waals surface area contributed by atoms with Crippen LogP contribution in [0.15, 0.2) is 179 Å².